The van der Waals surface area contributed by atoms with Crippen LogP contribution < -0.4 is 10.1 Å². The zero-order valence-corrected chi connectivity index (χ0v) is 17.3. The van der Waals surface area contributed by atoms with Gasteiger partial charge in [0.25, 0.3) is 0 Å². The van der Waals surface area contributed by atoms with E-state index >= 15 is 0 Å². The van der Waals surface area contributed by atoms with Gasteiger partial charge in [0.2, 0.25) is 0 Å². The first kappa shape index (κ1) is 21.1. The molecular formula is C21H24BrF3N2O. The van der Waals surface area contributed by atoms with E-state index in [0.29, 0.717) is 17.9 Å². The van der Waals surface area contributed by atoms with Crippen molar-refractivity contribution >= 4 is 15.9 Å². The maximum Gasteiger partial charge on any atom is 0.416 e. The van der Waals surface area contributed by atoms with Gasteiger partial charge in [-0.05, 0) is 55.8 Å². The van der Waals surface area contributed by atoms with Crippen LogP contribution >= 0.6 is 15.9 Å². The first-order chi connectivity index (χ1) is 13.4. The van der Waals surface area contributed by atoms with Crippen LogP contribution in [0, 0.1) is 0 Å². The molecule has 0 aliphatic carbocycles. The quantitative estimate of drug-likeness (QED) is 0.664. The number of hydrogen-bond donors (Lipinski definition) is 1. The summed E-state index contributed by atoms with van der Waals surface area (Å²) in [5, 5.41) is 3.36. The van der Waals surface area contributed by atoms with Gasteiger partial charge < -0.3 is 10.1 Å². The van der Waals surface area contributed by atoms with Crippen molar-refractivity contribution < 1.29 is 17.9 Å². The lowest BCUT2D eigenvalue weighted by Crippen LogP contribution is -2.33. The molecule has 0 bridgehead atoms. The molecule has 0 saturated carbocycles. The Balaban J connectivity index is 2.12. The van der Waals surface area contributed by atoms with Gasteiger partial charge in [0, 0.05) is 29.7 Å². The fourth-order valence-corrected chi connectivity index (χ4v) is 4.00. The molecule has 1 heterocycles. The van der Waals surface area contributed by atoms with Crippen molar-refractivity contribution in [1.29, 1.82) is 0 Å². The van der Waals surface area contributed by atoms with Gasteiger partial charge in [0.1, 0.15) is 5.75 Å². The predicted molar refractivity (Wildman–Crippen MR) is 108 cm³/mol. The number of nitrogens with zero attached hydrogens (tertiary/aromatic N) is 1. The van der Waals surface area contributed by atoms with Gasteiger partial charge in [0.15, 0.2) is 0 Å². The smallest absolute Gasteiger partial charge is 0.416 e. The normalized spacial score (nSPS) is 17.2. The molecule has 1 aliphatic heterocycles. The van der Waals surface area contributed by atoms with E-state index in [-0.39, 0.29) is 6.04 Å². The maximum atomic E-state index is 13.3. The largest absolute Gasteiger partial charge is 0.494 e. The Morgan fingerprint density at radius 3 is 2.71 bits per heavy atom. The SMILES string of the molecule is CCOc1ccc(Br)cc1C(c1cccc(C(F)(F)F)c1)N1CCCNCC1. The molecule has 1 fully saturated rings. The third-order valence-electron chi connectivity index (χ3n) is 4.84. The number of rotatable bonds is 5. The molecule has 2 aromatic carbocycles. The molecule has 2 aromatic rings. The first-order valence-electron chi connectivity index (χ1n) is 9.44. The highest BCUT2D eigenvalue weighted by Crippen LogP contribution is 2.39. The van der Waals surface area contributed by atoms with Crippen molar-refractivity contribution in [3.8, 4) is 5.75 Å². The molecule has 0 amide bonds. The topological polar surface area (TPSA) is 24.5 Å². The van der Waals surface area contributed by atoms with Gasteiger partial charge in [-0.25, -0.2) is 0 Å². The molecule has 1 unspecified atom stereocenters. The van der Waals surface area contributed by atoms with Crippen LogP contribution in [0.15, 0.2) is 46.9 Å². The summed E-state index contributed by atoms with van der Waals surface area (Å²) >= 11 is 3.51. The van der Waals surface area contributed by atoms with Crippen LogP contribution in [0.3, 0.4) is 0 Å². The second-order valence-electron chi connectivity index (χ2n) is 6.78. The summed E-state index contributed by atoms with van der Waals surface area (Å²) in [6, 6.07) is 11.0. The Kier molecular flexibility index (Phi) is 7.01. The van der Waals surface area contributed by atoms with Crippen LogP contribution in [0.2, 0.25) is 0 Å². The number of halogens is 4. The molecule has 28 heavy (non-hydrogen) atoms. The minimum atomic E-state index is -4.37. The number of hydrogen-bond acceptors (Lipinski definition) is 3. The van der Waals surface area contributed by atoms with E-state index < -0.39 is 11.7 Å². The number of alkyl halides is 3. The van der Waals surface area contributed by atoms with Gasteiger partial charge in [-0.1, -0.05) is 28.1 Å². The minimum absolute atomic E-state index is 0.318. The molecule has 3 nitrogen and oxygen atoms in total. The lowest BCUT2D eigenvalue weighted by atomic mass is 9.94. The molecule has 7 heteroatoms. The average molecular weight is 457 g/mol. The summed E-state index contributed by atoms with van der Waals surface area (Å²) in [5.74, 6) is 0.699. The Morgan fingerprint density at radius 2 is 1.96 bits per heavy atom. The second-order valence-corrected chi connectivity index (χ2v) is 7.70. The summed E-state index contributed by atoms with van der Waals surface area (Å²) in [7, 11) is 0. The molecule has 0 spiro atoms. The summed E-state index contributed by atoms with van der Waals surface area (Å²) in [6.45, 7) is 5.65. The standard InChI is InChI=1S/C21H24BrF3N2O/c1-2-28-19-8-7-17(22)14-18(19)20(27-11-4-9-26-10-12-27)15-5-3-6-16(13-15)21(23,24)25/h3,5-8,13-14,20,26H,2,4,9-12H2,1H3. The molecule has 152 valence electrons. The molecule has 1 saturated heterocycles. The summed E-state index contributed by atoms with van der Waals surface area (Å²) in [4.78, 5) is 2.24. The highest BCUT2D eigenvalue weighted by atomic mass is 79.9. The third kappa shape index (κ3) is 5.07. The molecule has 1 N–H and O–H groups in total. The highest BCUT2D eigenvalue weighted by Gasteiger charge is 2.33. The van der Waals surface area contributed by atoms with Crippen molar-refractivity contribution in [2.45, 2.75) is 25.6 Å². The van der Waals surface area contributed by atoms with Crippen molar-refractivity contribution in [1.82, 2.24) is 10.2 Å². The highest BCUT2D eigenvalue weighted by molar-refractivity contribution is 9.10. The van der Waals surface area contributed by atoms with Gasteiger partial charge >= 0.3 is 6.18 Å². The summed E-state index contributed by atoms with van der Waals surface area (Å²) in [6.07, 6.45) is -3.44. The Hall–Kier alpha value is -1.57. The van der Waals surface area contributed by atoms with Crippen molar-refractivity contribution in [3.05, 3.63) is 63.6 Å². The van der Waals surface area contributed by atoms with Crippen molar-refractivity contribution in [2.75, 3.05) is 32.8 Å². The van der Waals surface area contributed by atoms with E-state index in [1.807, 2.05) is 25.1 Å². The number of nitrogens with one attached hydrogen (secondary N) is 1. The van der Waals surface area contributed by atoms with E-state index in [0.717, 1.165) is 48.7 Å². The third-order valence-corrected chi connectivity index (χ3v) is 5.33. The van der Waals surface area contributed by atoms with Gasteiger partial charge in [-0.2, -0.15) is 13.2 Å². The Morgan fingerprint density at radius 1 is 1.14 bits per heavy atom. The fraction of sp³-hybridized carbons (Fsp3) is 0.429. The zero-order chi connectivity index (χ0) is 20.1. The lowest BCUT2D eigenvalue weighted by molar-refractivity contribution is -0.137. The van der Waals surface area contributed by atoms with Crippen LogP contribution in [-0.2, 0) is 6.18 Å². The van der Waals surface area contributed by atoms with Crippen molar-refractivity contribution in [2.24, 2.45) is 0 Å². The van der Waals surface area contributed by atoms with E-state index in [4.69, 9.17) is 4.74 Å². The predicted octanol–water partition coefficient (Wildman–Crippen LogP) is 5.25. The van der Waals surface area contributed by atoms with Crippen LogP contribution in [0.1, 0.15) is 36.1 Å². The Labute approximate surface area is 172 Å². The zero-order valence-electron chi connectivity index (χ0n) is 15.7. The van der Waals surface area contributed by atoms with E-state index in [1.165, 1.54) is 12.1 Å². The summed E-state index contributed by atoms with van der Waals surface area (Å²) in [5.41, 5.74) is 0.865. The van der Waals surface area contributed by atoms with Crippen LogP contribution in [0.5, 0.6) is 5.75 Å². The Bertz CT molecular complexity index is 789. The molecule has 1 atom stereocenters. The van der Waals surface area contributed by atoms with Gasteiger partial charge in [0.05, 0.1) is 18.2 Å². The first-order valence-corrected chi connectivity index (χ1v) is 10.2. The molecule has 1 aliphatic rings. The van der Waals surface area contributed by atoms with Crippen LogP contribution in [0.25, 0.3) is 0 Å². The van der Waals surface area contributed by atoms with Gasteiger partial charge in [-0.3, -0.25) is 4.90 Å². The monoisotopic (exact) mass is 456 g/mol. The fourth-order valence-electron chi connectivity index (χ4n) is 3.62. The van der Waals surface area contributed by atoms with Gasteiger partial charge in [-0.15, -0.1) is 0 Å². The maximum absolute atomic E-state index is 13.3. The van der Waals surface area contributed by atoms with E-state index in [9.17, 15) is 13.2 Å². The summed E-state index contributed by atoms with van der Waals surface area (Å²) < 4.78 is 46.7. The number of benzene rings is 2. The van der Waals surface area contributed by atoms with E-state index in [1.54, 1.807) is 6.07 Å². The molecule has 3 rings (SSSR count). The van der Waals surface area contributed by atoms with Crippen molar-refractivity contribution in [3.63, 3.8) is 0 Å². The van der Waals surface area contributed by atoms with Crippen LogP contribution in [-0.4, -0.2) is 37.7 Å². The van der Waals surface area contributed by atoms with E-state index in [2.05, 4.69) is 26.1 Å². The number of ether oxygens (including phenoxy) is 1. The lowest BCUT2D eigenvalue weighted by Gasteiger charge is -2.33. The van der Waals surface area contributed by atoms with Crippen LogP contribution in [0.4, 0.5) is 13.2 Å². The molecular weight excluding hydrogens is 433 g/mol. The minimum Gasteiger partial charge on any atom is -0.494 e. The second kappa shape index (κ2) is 9.29. The molecule has 0 aromatic heterocycles. The average Bonchev–Trinajstić information content (AvgIpc) is 2.93. The molecule has 0 radical (unpaired) electrons.